The van der Waals surface area contributed by atoms with Crippen molar-refractivity contribution in [1.82, 2.24) is 9.80 Å². The highest BCUT2D eigenvalue weighted by Crippen LogP contribution is 2.37. The van der Waals surface area contributed by atoms with Crippen molar-refractivity contribution in [3.05, 3.63) is 0 Å². The molecule has 3 nitrogen and oxygen atoms in total. The van der Waals surface area contributed by atoms with Gasteiger partial charge in [-0.2, -0.15) is 11.8 Å². The molecule has 36 heavy (non-hydrogen) atoms. The molecule has 0 radical (unpaired) electrons. The quantitative estimate of drug-likeness (QED) is 0.117. The molecule has 0 aliphatic rings. The van der Waals surface area contributed by atoms with Crippen LogP contribution in [0.5, 0.6) is 0 Å². The number of rotatable bonds is 24. The molecule has 0 spiro atoms. The maximum absolute atomic E-state index is 13.5. The van der Waals surface area contributed by atoms with Gasteiger partial charge in [0.1, 0.15) is 0 Å². The first-order valence-corrected chi connectivity index (χ1v) is 16.7. The van der Waals surface area contributed by atoms with Gasteiger partial charge < -0.3 is 9.80 Å². The van der Waals surface area contributed by atoms with Crippen molar-refractivity contribution in [2.45, 2.75) is 150 Å². The van der Waals surface area contributed by atoms with E-state index in [2.05, 4.69) is 84.1 Å². The van der Waals surface area contributed by atoms with Crippen molar-refractivity contribution in [2.75, 3.05) is 39.5 Å². The maximum Gasteiger partial charge on any atom is 0.223 e. The predicted octanol–water partition coefficient (Wildman–Crippen LogP) is 9.44. The van der Waals surface area contributed by atoms with Gasteiger partial charge in [0.15, 0.2) is 0 Å². The molecule has 0 bridgehead atoms. The van der Waals surface area contributed by atoms with Crippen molar-refractivity contribution in [3.8, 4) is 0 Å². The first-order valence-electron chi connectivity index (χ1n) is 15.6. The van der Waals surface area contributed by atoms with E-state index in [9.17, 15) is 4.79 Å². The van der Waals surface area contributed by atoms with E-state index in [-0.39, 0.29) is 5.41 Å². The van der Waals surface area contributed by atoms with Crippen LogP contribution in [0.25, 0.3) is 0 Å². The zero-order valence-corrected chi connectivity index (χ0v) is 27.0. The third-order valence-corrected chi connectivity index (χ3v) is 9.85. The van der Waals surface area contributed by atoms with Crippen LogP contribution >= 0.6 is 11.8 Å². The second kappa shape index (κ2) is 20.7. The fourth-order valence-corrected chi connectivity index (χ4v) is 6.85. The molecule has 2 unspecified atom stereocenters. The van der Waals surface area contributed by atoms with Crippen LogP contribution in [-0.4, -0.2) is 60.4 Å². The molecule has 0 aliphatic carbocycles. The number of carbonyl (C=O) groups excluding carboxylic acids is 1. The second-order valence-electron chi connectivity index (χ2n) is 12.5. The number of unbranched alkanes of at least 4 members (excludes halogenated alkanes) is 7. The summed E-state index contributed by atoms with van der Waals surface area (Å²) >= 11 is 2.09. The van der Waals surface area contributed by atoms with Crippen LogP contribution in [0.3, 0.4) is 0 Å². The van der Waals surface area contributed by atoms with Gasteiger partial charge in [-0.3, -0.25) is 4.79 Å². The molecule has 1 amide bonds. The highest BCUT2D eigenvalue weighted by molar-refractivity contribution is 8.00. The molecule has 0 heterocycles. The summed E-state index contributed by atoms with van der Waals surface area (Å²) in [6, 6.07) is 0. The van der Waals surface area contributed by atoms with Crippen LogP contribution in [0.1, 0.15) is 145 Å². The molecular weight excluding hydrogens is 460 g/mol. The fourth-order valence-electron chi connectivity index (χ4n) is 5.26. The number of nitrogens with zero attached hydrogens (tertiary/aromatic N) is 2. The molecule has 0 rings (SSSR count). The Hall–Kier alpha value is -0.220. The van der Waals surface area contributed by atoms with E-state index in [0.717, 1.165) is 26.1 Å². The van der Waals surface area contributed by atoms with Gasteiger partial charge in [0.05, 0.1) is 0 Å². The maximum atomic E-state index is 13.5. The Morgan fingerprint density at radius 2 is 1.28 bits per heavy atom. The summed E-state index contributed by atoms with van der Waals surface area (Å²) < 4.78 is 0. The summed E-state index contributed by atoms with van der Waals surface area (Å²) in [5, 5.41) is 0.371. The monoisotopic (exact) mass is 526 g/mol. The van der Waals surface area contributed by atoms with Crippen molar-refractivity contribution in [3.63, 3.8) is 0 Å². The minimum Gasteiger partial charge on any atom is -0.342 e. The number of thioether (sulfide) groups is 1. The Balaban J connectivity index is 5.25. The molecule has 0 N–H and O–H groups in total. The minimum atomic E-state index is 0.238. The van der Waals surface area contributed by atoms with Gasteiger partial charge in [-0.1, -0.05) is 106 Å². The molecular formula is C32H66N2OS. The first kappa shape index (κ1) is 35.8. The average Bonchev–Trinajstić information content (AvgIpc) is 2.85. The van der Waals surface area contributed by atoms with E-state index in [4.69, 9.17) is 0 Å². The van der Waals surface area contributed by atoms with E-state index < -0.39 is 0 Å². The van der Waals surface area contributed by atoms with Crippen LogP contribution in [-0.2, 0) is 4.79 Å². The highest BCUT2D eigenvalue weighted by atomic mass is 32.2. The third-order valence-electron chi connectivity index (χ3n) is 8.20. The first-order chi connectivity index (χ1) is 17.1. The van der Waals surface area contributed by atoms with Gasteiger partial charge in [0, 0.05) is 31.3 Å². The zero-order chi connectivity index (χ0) is 27.5. The SMILES string of the molecule is CCCCCCC(C)(CCCCCC)CSC(CC(=O)N(CC)CC(C)(CC)CCCC)CN(C)C. The summed E-state index contributed by atoms with van der Waals surface area (Å²) in [5.41, 5.74) is 0.632. The van der Waals surface area contributed by atoms with Gasteiger partial charge in [-0.25, -0.2) is 0 Å². The van der Waals surface area contributed by atoms with Crippen molar-refractivity contribution >= 4 is 17.7 Å². The summed E-state index contributed by atoms with van der Waals surface area (Å²) in [5.74, 6) is 1.55. The summed E-state index contributed by atoms with van der Waals surface area (Å²) in [6.45, 7) is 19.0. The van der Waals surface area contributed by atoms with Crippen molar-refractivity contribution in [2.24, 2.45) is 10.8 Å². The Bertz CT molecular complexity index is 526. The smallest absolute Gasteiger partial charge is 0.223 e. The fraction of sp³-hybridized carbons (Fsp3) is 0.969. The van der Waals surface area contributed by atoms with Gasteiger partial charge in [-0.15, -0.1) is 0 Å². The van der Waals surface area contributed by atoms with Gasteiger partial charge >= 0.3 is 0 Å². The lowest BCUT2D eigenvalue weighted by Gasteiger charge is -2.36. The van der Waals surface area contributed by atoms with Gasteiger partial charge in [0.25, 0.3) is 0 Å². The topological polar surface area (TPSA) is 23.6 Å². The molecule has 0 saturated carbocycles. The standard InChI is InChI=1S/C32H66N2OS/c1-10-15-18-20-23-32(7,24-21-19-16-11-2)28-36-29(26-33(8)9)25-30(35)34(14-5)27-31(6,13-4)22-17-12-3/h29H,10-28H2,1-9H3. The molecule has 0 saturated heterocycles. The van der Waals surface area contributed by atoms with Crippen LogP contribution in [0.4, 0.5) is 0 Å². The summed E-state index contributed by atoms with van der Waals surface area (Å²) in [7, 11) is 4.31. The number of hydrogen-bond donors (Lipinski definition) is 0. The summed E-state index contributed by atoms with van der Waals surface area (Å²) in [4.78, 5) is 18.0. The Morgan fingerprint density at radius 1 is 0.750 bits per heavy atom. The number of carbonyl (C=O) groups is 1. The predicted molar refractivity (Wildman–Crippen MR) is 165 cm³/mol. The number of amides is 1. The van der Waals surface area contributed by atoms with Gasteiger partial charge in [-0.05, 0) is 63.3 Å². The zero-order valence-electron chi connectivity index (χ0n) is 26.2. The lowest BCUT2D eigenvalue weighted by molar-refractivity contribution is -0.132. The van der Waals surface area contributed by atoms with Crippen LogP contribution in [0.15, 0.2) is 0 Å². The molecule has 0 aromatic heterocycles. The molecule has 0 aromatic carbocycles. The minimum absolute atomic E-state index is 0.238. The van der Waals surface area contributed by atoms with E-state index >= 15 is 0 Å². The molecule has 0 fully saturated rings. The Morgan fingerprint density at radius 3 is 1.72 bits per heavy atom. The van der Waals surface area contributed by atoms with Crippen LogP contribution < -0.4 is 0 Å². The van der Waals surface area contributed by atoms with Crippen LogP contribution in [0, 0.1) is 10.8 Å². The summed E-state index contributed by atoms with van der Waals surface area (Å²) in [6.07, 6.45) is 19.0. The third kappa shape index (κ3) is 16.6. The lowest BCUT2D eigenvalue weighted by Crippen LogP contribution is -2.41. The molecule has 4 heteroatoms. The molecule has 2 atom stereocenters. The normalized spacial score (nSPS) is 14.7. The highest BCUT2D eigenvalue weighted by Gasteiger charge is 2.30. The Labute approximate surface area is 232 Å². The molecule has 0 aliphatic heterocycles. The average molecular weight is 527 g/mol. The molecule has 216 valence electrons. The van der Waals surface area contributed by atoms with E-state index in [1.165, 1.54) is 89.2 Å². The largest absolute Gasteiger partial charge is 0.342 e. The van der Waals surface area contributed by atoms with Crippen molar-refractivity contribution < 1.29 is 4.79 Å². The number of hydrogen-bond acceptors (Lipinski definition) is 3. The van der Waals surface area contributed by atoms with E-state index in [1.807, 2.05) is 0 Å². The molecule has 0 aromatic rings. The lowest BCUT2D eigenvalue weighted by atomic mass is 9.81. The van der Waals surface area contributed by atoms with Crippen molar-refractivity contribution in [1.29, 1.82) is 0 Å². The van der Waals surface area contributed by atoms with E-state index in [0.29, 0.717) is 23.0 Å². The Kier molecular flexibility index (Phi) is 20.6. The second-order valence-corrected chi connectivity index (χ2v) is 13.8. The van der Waals surface area contributed by atoms with Gasteiger partial charge in [0.2, 0.25) is 5.91 Å². The van der Waals surface area contributed by atoms with Crippen LogP contribution in [0.2, 0.25) is 0 Å². The van der Waals surface area contributed by atoms with E-state index in [1.54, 1.807) is 0 Å².